The molecule has 1 aromatic heterocycles. The molecule has 0 bridgehead atoms. The summed E-state index contributed by atoms with van der Waals surface area (Å²) in [5.74, 6) is -1.55. The molecule has 2 aromatic rings. The Morgan fingerprint density at radius 2 is 1.95 bits per heavy atom. The Hall–Kier alpha value is -3.07. The third-order valence-electron chi connectivity index (χ3n) is 2.85. The van der Waals surface area contributed by atoms with E-state index in [1.807, 2.05) is 0 Å². The van der Waals surface area contributed by atoms with Crippen molar-refractivity contribution in [2.45, 2.75) is 13.8 Å². The van der Waals surface area contributed by atoms with E-state index in [1.165, 1.54) is 13.8 Å². The van der Waals surface area contributed by atoms with Gasteiger partial charge in [0.15, 0.2) is 17.1 Å². The smallest absolute Gasteiger partial charge is 0.269 e. The number of hydrogen-bond acceptors (Lipinski definition) is 5. The molecule has 1 aromatic carbocycles. The van der Waals surface area contributed by atoms with Gasteiger partial charge in [-0.2, -0.15) is 5.26 Å². The average molecular weight is 284 g/mol. The van der Waals surface area contributed by atoms with Crippen LogP contribution in [0.25, 0.3) is 11.0 Å². The van der Waals surface area contributed by atoms with E-state index < -0.39 is 17.2 Å². The van der Waals surface area contributed by atoms with Gasteiger partial charge < -0.3 is 14.8 Å². The highest BCUT2D eigenvalue weighted by atomic mass is 16.3. The van der Waals surface area contributed by atoms with Gasteiger partial charge in [0.1, 0.15) is 17.4 Å². The summed E-state index contributed by atoms with van der Waals surface area (Å²) < 4.78 is 5.41. The van der Waals surface area contributed by atoms with Gasteiger partial charge in [-0.1, -0.05) is 12.1 Å². The summed E-state index contributed by atoms with van der Waals surface area (Å²) in [5, 5.41) is 21.2. The topological polar surface area (TPSA) is 103 Å². The van der Waals surface area contributed by atoms with Crippen LogP contribution in [0.3, 0.4) is 0 Å². The number of allylic oxidation sites excluding steroid dienone is 1. The van der Waals surface area contributed by atoms with E-state index in [-0.39, 0.29) is 17.2 Å². The van der Waals surface area contributed by atoms with E-state index in [4.69, 9.17) is 9.68 Å². The molecule has 0 aliphatic rings. The van der Waals surface area contributed by atoms with E-state index in [2.05, 4.69) is 5.32 Å². The van der Waals surface area contributed by atoms with Crippen LogP contribution in [0.2, 0.25) is 0 Å². The molecule has 0 spiro atoms. The Balaban J connectivity index is 2.54. The lowest BCUT2D eigenvalue weighted by Crippen LogP contribution is -2.16. The molecular formula is C15H12N2O4. The Bertz CT molecular complexity index is 805. The number of nitrogens with one attached hydrogen (secondary N) is 1. The normalized spacial score (nSPS) is 11.7. The molecule has 6 heteroatoms. The number of amides is 1. The third kappa shape index (κ3) is 2.62. The molecule has 106 valence electrons. The fraction of sp³-hybridized carbons (Fsp3) is 0.133. The van der Waals surface area contributed by atoms with Crippen LogP contribution in [0.4, 0.5) is 5.69 Å². The average Bonchev–Trinajstić information content (AvgIpc) is 2.78. The molecule has 2 N–H and O–H groups in total. The molecular weight excluding hydrogens is 272 g/mol. The van der Waals surface area contributed by atoms with Crippen LogP contribution in [0.1, 0.15) is 24.4 Å². The minimum absolute atomic E-state index is 0.00238. The first-order chi connectivity index (χ1) is 9.95. The lowest BCUT2D eigenvalue weighted by molar-refractivity contribution is -0.112. The Labute approximate surface area is 120 Å². The largest absolute Gasteiger partial charge is 0.511 e. The van der Waals surface area contributed by atoms with Gasteiger partial charge in [-0.05, 0) is 19.1 Å². The van der Waals surface area contributed by atoms with Crippen LogP contribution >= 0.6 is 0 Å². The lowest BCUT2D eigenvalue weighted by Gasteiger charge is -2.04. The summed E-state index contributed by atoms with van der Waals surface area (Å²) in [7, 11) is 0. The number of carbonyl (C=O) groups excluding carboxylic acids is 2. The highest BCUT2D eigenvalue weighted by Gasteiger charge is 2.21. The summed E-state index contributed by atoms with van der Waals surface area (Å²) >= 11 is 0. The maximum atomic E-state index is 12.0. The molecule has 6 nitrogen and oxygen atoms in total. The van der Waals surface area contributed by atoms with Crippen molar-refractivity contribution in [1.29, 1.82) is 5.26 Å². The number of hydrogen-bond donors (Lipinski definition) is 2. The first-order valence-corrected chi connectivity index (χ1v) is 6.09. The van der Waals surface area contributed by atoms with Crippen LogP contribution in [0.15, 0.2) is 40.0 Å². The van der Waals surface area contributed by atoms with Gasteiger partial charge >= 0.3 is 0 Å². The predicted molar refractivity (Wildman–Crippen MR) is 75.8 cm³/mol. The number of aliphatic hydroxyl groups is 1. The molecule has 0 fully saturated rings. The number of ketones is 1. The van der Waals surface area contributed by atoms with Crippen molar-refractivity contribution in [3.63, 3.8) is 0 Å². The molecule has 0 aliphatic heterocycles. The van der Waals surface area contributed by atoms with E-state index >= 15 is 0 Å². The molecule has 0 radical (unpaired) electrons. The van der Waals surface area contributed by atoms with Crippen molar-refractivity contribution in [2.75, 3.05) is 5.32 Å². The molecule has 21 heavy (non-hydrogen) atoms. The van der Waals surface area contributed by atoms with E-state index in [0.29, 0.717) is 11.0 Å². The van der Waals surface area contributed by atoms with E-state index in [9.17, 15) is 14.7 Å². The number of Topliss-reactive ketones (excluding diaryl/α,β-unsaturated/α-hetero) is 1. The minimum Gasteiger partial charge on any atom is -0.511 e. The quantitative estimate of drug-likeness (QED) is 0.390. The summed E-state index contributed by atoms with van der Waals surface area (Å²) in [4.78, 5) is 23.6. The maximum absolute atomic E-state index is 12.0. The summed E-state index contributed by atoms with van der Waals surface area (Å²) in [6.45, 7) is 2.54. The van der Waals surface area contributed by atoms with Gasteiger partial charge in [0.05, 0.1) is 5.69 Å². The van der Waals surface area contributed by atoms with Crippen LogP contribution in [-0.4, -0.2) is 16.8 Å². The number of nitrogens with zero attached hydrogens (tertiary/aromatic N) is 1. The zero-order valence-corrected chi connectivity index (χ0v) is 11.4. The van der Waals surface area contributed by atoms with Gasteiger partial charge in [-0.15, -0.1) is 0 Å². The number of nitriles is 1. The fourth-order valence-corrected chi connectivity index (χ4v) is 1.89. The maximum Gasteiger partial charge on any atom is 0.269 e. The SMILES string of the molecule is CC(=O)c1oc2ccccc2c1NC(=O)C(C#N)=C(C)O. The molecule has 0 saturated carbocycles. The number of fused-ring (bicyclic) bond motifs is 1. The van der Waals surface area contributed by atoms with Crippen LogP contribution in [0.5, 0.6) is 0 Å². The number of rotatable bonds is 3. The van der Waals surface area contributed by atoms with Crippen molar-refractivity contribution in [3.8, 4) is 6.07 Å². The number of benzene rings is 1. The number of furan rings is 1. The summed E-state index contributed by atoms with van der Waals surface area (Å²) in [5.41, 5.74) is 0.216. The van der Waals surface area contributed by atoms with Gasteiger partial charge in [0, 0.05) is 12.3 Å². The number of aliphatic hydroxyl groups excluding tert-OH is 1. The third-order valence-corrected chi connectivity index (χ3v) is 2.85. The van der Waals surface area contributed by atoms with Crippen molar-refractivity contribution in [2.24, 2.45) is 0 Å². The lowest BCUT2D eigenvalue weighted by atomic mass is 10.1. The molecule has 1 heterocycles. The van der Waals surface area contributed by atoms with Crippen molar-refractivity contribution in [3.05, 3.63) is 41.4 Å². The van der Waals surface area contributed by atoms with Gasteiger partial charge in [0.2, 0.25) is 0 Å². The molecule has 0 atom stereocenters. The highest BCUT2D eigenvalue weighted by Crippen LogP contribution is 2.31. The zero-order valence-electron chi connectivity index (χ0n) is 11.4. The second kappa shape index (κ2) is 5.51. The molecule has 2 rings (SSSR count). The number of para-hydroxylation sites is 1. The fourth-order valence-electron chi connectivity index (χ4n) is 1.89. The van der Waals surface area contributed by atoms with E-state index in [1.54, 1.807) is 30.3 Å². The molecule has 0 aliphatic carbocycles. The molecule has 1 amide bonds. The Morgan fingerprint density at radius 1 is 1.29 bits per heavy atom. The first kappa shape index (κ1) is 14.3. The number of carbonyl (C=O) groups is 2. The number of anilines is 1. The summed E-state index contributed by atoms with van der Waals surface area (Å²) in [6, 6.07) is 8.43. The van der Waals surface area contributed by atoms with Crippen molar-refractivity contribution < 1.29 is 19.1 Å². The van der Waals surface area contributed by atoms with Crippen molar-refractivity contribution >= 4 is 28.3 Å². The Morgan fingerprint density at radius 3 is 2.52 bits per heavy atom. The summed E-state index contributed by atoms with van der Waals surface area (Å²) in [6.07, 6.45) is 0. The second-order valence-corrected chi connectivity index (χ2v) is 4.38. The van der Waals surface area contributed by atoms with E-state index in [0.717, 1.165) is 0 Å². The predicted octanol–water partition coefficient (Wildman–Crippen LogP) is 2.93. The Kier molecular flexibility index (Phi) is 3.76. The zero-order chi connectivity index (χ0) is 15.6. The minimum atomic E-state index is -0.799. The monoisotopic (exact) mass is 284 g/mol. The van der Waals surface area contributed by atoms with Crippen LogP contribution in [-0.2, 0) is 4.79 Å². The first-order valence-electron chi connectivity index (χ1n) is 6.09. The highest BCUT2D eigenvalue weighted by molar-refractivity contribution is 6.15. The van der Waals surface area contributed by atoms with Gasteiger partial charge in [-0.3, -0.25) is 9.59 Å². The van der Waals surface area contributed by atoms with Gasteiger partial charge in [0.25, 0.3) is 5.91 Å². The molecule has 0 saturated heterocycles. The van der Waals surface area contributed by atoms with Crippen LogP contribution in [0, 0.1) is 11.3 Å². The second-order valence-electron chi connectivity index (χ2n) is 4.38. The van der Waals surface area contributed by atoms with Gasteiger partial charge in [-0.25, -0.2) is 0 Å². The molecule has 0 unspecified atom stereocenters. The standard InChI is InChI=1S/C15H12N2O4/c1-8(18)11(7-16)15(20)17-13-10-5-3-4-6-12(10)21-14(13)9(2)19/h3-6,18H,1-2H3,(H,17,20). The van der Waals surface area contributed by atoms with Crippen molar-refractivity contribution in [1.82, 2.24) is 0 Å². The van der Waals surface area contributed by atoms with Crippen LogP contribution < -0.4 is 5.32 Å².